The molecule has 1 rings (SSSR count). The summed E-state index contributed by atoms with van der Waals surface area (Å²) in [6.07, 6.45) is 0. The van der Waals surface area contributed by atoms with Crippen LogP contribution < -0.4 is 14.8 Å². The Morgan fingerprint density at radius 1 is 1.50 bits per heavy atom. The SMILES string of the molecule is CCOc1c(Cl)cc(C(=O)NCCO)cc1OC. The number of hydrogen-bond donors (Lipinski definition) is 2. The molecular formula is C12H16ClNO4. The number of rotatable bonds is 6. The van der Waals surface area contributed by atoms with E-state index in [0.717, 1.165) is 0 Å². The molecule has 0 saturated heterocycles. The summed E-state index contributed by atoms with van der Waals surface area (Å²) in [5.74, 6) is 0.492. The highest BCUT2D eigenvalue weighted by Gasteiger charge is 2.15. The van der Waals surface area contributed by atoms with Crippen LogP contribution in [0.3, 0.4) is 0 Å². The molecule has 1 aromatic carbocycles. The highest BCUT2D eigenvalue weighted by Crippen LogP contribution is 2.36. The molecule has 0 saturated carbocycles. The number of ether oxygens (including phenoxy) is 2. The Labute approximate surface area is 111 Å². The number of carbonyl (C=O) groups is 1. The van der Waals surface area contributed by atoms with Crippen molar-refractivity contribution < 1.29 is 19.4 Å². The van der Waals surface area contributed by atoms with Crippen molar-refractivity contribution in [2.45, 2.75) is 6.92 Å². The van der Waals surface area contributed by atoms with Crippen LogP contribution in [-0.2, 0) is 0 Å². The summed E-state index contributed by atoms with van der Waals surface area (Å²) in [6, 6.07) is 3.05. The van der Waals surface area contributed by atoms with Gasteiger partial charge in [-0.15, -0.1) is 0 Å². The van der Waals surface area contributed by atoms with Crippen molar-refractivity contribution in [3.05, 3.63) is 22.7 Å². The Morgan fingerprint density at radius 2 is 2.22 bits per heavy atom. The molecule has 6 heteroatoms. The average Bonchev–Trinajstić information content (AvgIpc) is 2.38. The van der Waals surface area contributed by atoms with E-state index in [9.17, 15) is 4.79 Å². The summed E-state index contributed by atoms with van der Waals surface area (Å²) in [4.78, 5) is 11.7. The van der Waals surface area contributed by atoms with E-state index in [1.165, 1.54) is 13.2 Å². The highest BCUT2D eigenvalue weighted by atomic mass is 35.5. The third-order valence-corrected chi connectivity index (χ3v) is 2.46. The van der Waals surface area contributed by atoms with E-state index >= 15 is 0 Å². The van der Waals surface area contributed by atoms with Gasteiger partial charge in [0.2, 0.25) is 0 Å². The van der Waals surface area contributed by atoms with Gasteiger partial charge in [-0.2, -0.15) is 0 Å². The number of amides is 1. The summed E-state index contributed by atoms with van der Waals surface area (Å²) in [5.41, 5.74) is 0.355. The van der Waals surface area contributed by atoms with Gasteiger partial charge in [0.25, 0.3) is 5.91 Å². The molecule has 0 aliphatic heterocycles. The van der Waals surface area contributed by atoms with Gasteiger partial charge in [-0.05, 0) is 19.1 Å². The third kappa shape index (κ3) is 3.51. The molecule has 0 aromatic heterocycles. The summed E-state index contributed by atoms with van der Waals surface area (Å²) < 4.78 is 10.5. The highest BCUT2D eigenvalue weighted by molar-refractivity contribution is 6.32. The van der Waals surface area contributed by atoms with Gasteiger partial charge < -0.3 is 19.9 Å². The van der Waals surface area contributed by atoms with Crippen molar-refractivity contribution in [3.63, 3.8) is 0 Å². The molecule has 0 fully saturated rings. The Morgan fingerprint density at radius 3 is 2.78 bits per heavy atom. The number of hydrogen-bond acceptors (Lipinski definition) is 4. The average molecular weight is 274 g/mol. The zero-order chi connectivity index (χ0) is 13.5. The van der Waals surface area contributed by atoms with E-state index in [2.05, 4.69) is 5.32 Å². The van der Waals surface area contributed by atoms with Crippen LogP contribution in [0.5, 0.6) is 11.5 Å². The lowest BCUT2D eigenvalue weighted by molar-refractivity contribution is 0.0944. The van der Waals surface area contributed by atoms with Crippen LogP contribution in [0.15, 0.2) is 12.1 Å². The van der Waals surface area contributed by atoms with E-state index < -0.39 is 0 Å². The second-order valence-electron chi connectivity index (χ2n) is 3.40. The Balaban J connectivity index is 3.02. The van der Waals surface area contributed by atoms with Gasteiger partial charge >= 0.3 is 0 Å². The lowest BCUT2D eigenvalue weighted by atomic mass is 10.2. The molecule has 100 valence electrons. The topological polar surface area (TPSA) is 67.8 Å². The van der Waals surface area contributed by atoms with Crippen molar-refractivity contribution in [1.82, 2.24) is 5.32 Å². The number of aliphatic hydroxyl groups is 1. The molecule has 0 heterocycles. The molecule has 0 spiro atoms. The van der Waals surface area contributed by atoms with Crippen LogP contribution >= 0.6 is 11.6 Å². The zero-order valence-electron chi connectivity index (χ0n) is 10.3. The van der Waals surface area contributed by atoms with Gasteiger partial charge in [0.15, 0.2) is 11.5 Å². The number of benzene rings is 1. The fraction of sp³-hybridized carbons (Fsp3) is 0.417. The van der Waals surface area contributed by atoms with Gasteiger partial charge in [0.05, 0.1) is 25.3 Å². The second kappa shape index (κ2) is 7.08. The van der Waals surface area contributed by atoms with Crippen LogP contribution in [-0.4, -0.2) is 37.9 Å². The normalized spacial score (nSPS) is 10.0. The van der Waals surface area contributed by atoms with E-state index in [4.69, 9.17) is 26.2 Å². The minimum absolute atomic E-state index is 0.117. The summed E-state index contributed by atoms with van der Waals surface area (Å²) >= 11 is 6.04. The van der Waals surface area contributed by atoms with Gasteiger partial charge in [0, 0.05) is 12.1 Å². The van der Waals surface area contributed by atoms with Crippen LogP contribution in [0.1, 0.15) is 17.3 Å². The molecule has 1 aromatic rings. The van der Waals surface area contributed by atoms with Gasteiger partial charge in [0.1, 0.15) is 0 Å². The molecule has 0 atom stereocenters. The zero-order valence-corrected chi connectivity index (χ0v) is 11.1. The fourth-order valence-corrected chi connectivity index (χ4v) is 1.67. The van der Waals surface area contributed by atoms with E-state index in [0.29, 0.717) is 28.7 Å². The third-order valence-electron chi connectivity index (χ3n) is 2.18. The van der Waals surface area contributed by atoms with Crippen molar-refractivity contribution in [2.24, 2.45) is 0 Å². The molecule has 5 nitrogen and oxygen atoms in total. The number of methoxy groups -OCH3 is 1. The Hall–Kier alpha value is -1.46. The first kappa shape index (κ1) is 14.6. The molecule has 0 aliphatic carbocycles. The minimum Gasteiger partial charge on any atom is -0.493 e. The maximum atomic E-state index is 11.7. The second-order valence-corrected chi connectivity index (χ2v) is 3.81. The van der Waals surface area contributed by atoms with E-state index in [1.807, 2.05) is 6.92 Å². The maximum Gasteiger partial charge on any atom is 0.251 e. The van der Waals surface area contributed by atoms with Gasteiger partial charge in [-0.3, -0.25) is 4.79 Å². The fourth-order valence-electron chi connectivity index (χ4n) is 1.41. The van der Waals surface area contributed by atoms with Crippen molar-refractivity contribution in [2.75, 3.05) is 26.9 Å². The Bertz CT molecular complexity index is 423. The predicted octanol–water partition coefficient (Wildman–Crippen LogP) is 1.47. The van der Waals surface area contributed by atoms with Crippen LogP contribution in [0.2, 0.25) is 5.02 Å². The molecule has 2 N–H and O–H groups in total. The van der Waals surface area contributed by atoms with Crippen molar-refractivity contribution in [3.8, 4) is 11.5 Å². The van der Waals surface area contributed by atoms with Gasteiger partial charge in [-0.1, -0.05) is 11.6 Å². The maximum absolute atomic E-state index is 11.7. The molecule has 0 bridgehead atoms. The smallest absolute Gasteiger partial charge is 0.251 e. The lowest BCUT2D eigenvalue weighted by Gasteiger charge is -2.13. The van der Waals surface area contributed by atoms with Crippen LogP contribution in [0.25, 0.3) is 0 Å². The van der Waals surface area contributed by atoms with Crippen molar-refractivity contribution >= 4 is 17.5 Å². The first-order valence-corrected chi connectivity index (χ1v) is 5.91. The standard InChI is InChI=1S/C12H16ClNO4/c1-3-18-11-9(13)6-8(7-10(11)17-2)12(16)14-4-5-15/h6-7,15H,3-5H2,1-2H3,(H,14,16). The Kier molecular flexibility index (Phi) is 5.74. The summed E-state index contributed by atoms with van der Waals surface area (Å²) in [6.45, 7) is 2.35. The molecule has 1 amide bonds. The minimum atomic E-state index is -0.327. The van der Waals surface area contributed by atoms with Crippen LogP contribution in [0.4, 0.5) is 0 Å². The van der Waals surface area contributed by atoms with Gasteiger partial charge in [-0.25, -0.2) is 0 Å². The molecule has 0 aliphatic rings. The molecule has 0 unspecified atom stereocenters. The molecule has 18 heavy (non-hydrogen) atoms. The number of nitrogens with one attached hydrogen (secondary N) is 1. The van der Waals surface area contributed by atoms with E-state index in [1.54, 1.807) is 6.07 Å². The first-order valence-electron chi connectivity index (χ1n) is 5.53. The first-order chi connectivity index (χ1) is 8.63. The monoisotopic (exact) mass is 273 g/mol. The summed E-state index contributed by atoms with van der Waals surface area (Å²) in [7, 11) is 1.48. The lowest BCUT2D eigenvalue weighted by Crippen LogP contribution is -2.26. The van der Waals surface area contributed by atoms with Crippen LogP contribution in [0, 0.1) is 0 Å². The molecule has 0 radical (unpaired) electrons. The van der Waals surface area contributed by atoms with Crippen molar-refractivity contribution in [1.29, 1.82) is 0 Å². The summed E-state index contributed by atoms with van der Waals surface area (Å²) in [5, 5.41) is 11.5. The number of carbonyl (C=O) groups excluding carboxylic acids is 1. The predicted molar refractivity (Wildman–Crippen MR) is 68.6 cm³/mol. The largest absolute Gasteiger partial charge is 0.493 e. The number of aliphatic hydroxyl groups excluding tert-OH is 1. The quantitative estimate of drug-likeness (QED) is 0.824. The molecular weight excluding hydrogens is 258 g/mol. The van der Waals surface area contributed by atoms with E-state index in [-0.39, 0.29) is 19.1 Å². The number of halogens is 1.